The summed E-state index contributed by atoms with van der Waals surface area (Å²) in [6, 6.07) is 6.38. The van der Waals surface area contributed by atoms with Gasteiger partial charge in [-0.1, -0.05) is 30.5 Å². The highest BCUT2D eigenvalue weighted by molar-refractivity contribution is 8.02. The molecule has 0 radical (unpaired) electrons. The van der Waals surface area contributed by atoms with Crippen molar-refractivity contribution >= 4 is 17.7 Å². The third-order valence-electron chi connectivity index (χ3n) is 3.66. The number of carbonyl (C=O) groups excluding carboxylic acids is 1. The molecule has 0 unspecified atom stereocenters. The van der Waals surface area contributed by atoms with Crippen LogP contribution in [0.4, 0.5) is 0 Å². The Morgan fingerprint density at radius 1 is 1.50 bits per heavy atom. The summed E-state index contributed by atoms with van der Waals surface area (Å²) in [6.07, 6.45) is 0.896. The maximum absolute atomic E-state index is 11.7. The predicted octanol–water partition coefficient (Wildman–Crippen LogP) is 2.38. The highest BCUT2D eigenvalue weighted by atomic mass is 32.2. The molecule has 1 heterocycles. The van der Waals surface area contributed by atoms with Crippen molar-refractivity contribution in [2.24, 2.45) is 0 Å². The van der Waals surface area contributed by atoms with Crippen LogP contribution in [0.3, 0.4) is 0 Å². The fourth-order valence-electron chi connectivity index (χ4n) is 2.36. The lowest BCUT2D eigenvalue weighted by Gasteiger charge is -2.35. The third kappa shape index (κ3) is 4.87. The topological polar surface area (TPSA) is 49.8 Å². The van der Waals surface area contributed by atoms with Crippen molar-refractivity contribution in [3.8, 4) is 0 Å². The van der Waals surface area contributed by atoms with Gasteiger partial charge in [-0.3, -0.25) is 4.79 Å². The van der Waals surface area contributed by atoms with Crippen LogP contribution in [-0.4, -0.2) is 48.3 Å². The Morgan fingerprint density at radius 3 is 2.91 bits per heavy atom. The van der Waals surface area contributed by atoms with Crippen LogP contribution in [0.15, 0.2) is 35.1 Å². The van der Waals surface area contributed by atoms with Gasteiger partial charge in [-0.05, 0) is 35.9 Å². The van der Waals surface area contributed by atoms with Crippen molar-refractivity contribution < 1.29 is 14.6 Å². The van der Waals surface area contributed by atoms with Gasteiger partial charge in [0.25, 0.3) is 0 Å². The summed E-state index contributed by atoms with van der Waals surface area (Å²) in [5.74, 6) is 0.0620. The number of hydrogen-bond acceptors (Lipinski definition) is 4. The molecule has 1 amide bonds. The van der Waals surface area contributed by atoms with Crippen LogP contribution in [0, 0.1) is 6.92 Å². The second-order valence-electron chi connectivity index (χ2n) is 5.45. The molecule has 5 heteroatoms. The number of carbonyl (C=O) groups is 1. The molecule has 0 atom stereocenters. The number of amides is 1. The summed E-state index contributed by atoms with van der Waals surface area (Å²) < 4.78 is 5.54. The first-order valence-corrected chi connectivity index (χ1v) is 8.39. The lowest BCUT2D eigenvalue weighted by atomic mass is 10.1. The molecule has 1 aliphatic heterocycles. The molecule has 1 saturated heterocycles. The Hall–Kier alpha value is -1.30. The number of hydrogen-bond donors (Lipinski definition) is 1. The molecule has 1 aliphatic rings. The number of aryl methyl sites for hydroxylation is 1. The van der Waals surface area contributed by atoms with Gasteiger partial charge < -0.3 is 14.7 Å². The Balaban J connectivity index is 1.63. The van der Waals surface area contributed by atoms with E-state index in [0.29, 0.717) is 32.7 Å². The van der Waals surface area contributed by atoms with E-state index in [2.05, 4.69) is 31.7 Å². The number of β-amino-alcohol motifs (C(OH)–C–C–N with tert-alkyl or cyclic N) is 1. The zero-order chi connectivity index (χ0) is 15.9. The molecule has 0 aliphatic carbocycles. The van der Waals surface area contributed by atoms with Crippen LogP contribution in [0.5, 0.6) is 0 Å². The van der Waals surface area contributed by atoms with Crippen molar-refractivity contribution in [3.63, 3.8) is 0 Å². The van der Waals surface area contributed by atoms with Crippen LogP contribution >= 0.6 is 11.8 Å². The Kier molecular flexibility index (Phi) is 6.49. The quantitative estimate of drug-likeness (QED) is 0.590. The molecule has 4 nitrogen and oxygen atoms in total. The number of benzene rings is 1. The zero-order valence-electron chi connectivity index (χ0n) is 13.0. The van der Waals surface area contributed by atoms with E-state index in [1.165, 1.54) is 16.0 Å². The second kappa shape index (κ2) is 8.36. The van der Waals surface area contributed by atoms with Gasteiger partial charge in [-0.15, -0.1) is 0 Å². The van der Waals surface area contributed by atoms with E-state index in [1.54, 1.807) is 16.7 Å². The number of ether oxygens (including phenoxy) is 1. The van der Waals surface area contributed by atoms with Crippen LogP contribution in [0.1, 0.15) is 17.5 Å². The number of rotatable bonds is 8. The average Bonchev–Trinajstić information content (AvgIpc) is 2.46. The molecular weight excluding hydrogens is 298 g/mol. The molecule has 0 saturated carbocycles. The molecule has 0 bridgehead atoms. The molecule has 0 aromatic heterocycles. The van der Waals surface area contributed by atoms with Gasteiger partial charge in [0.2, 0.25) is 5.91 Å². The number of aliphatic hydroxyl groups excluding tert-OH is 1. The van der Waals surface area contributed by atoms with Crippen molar-refractivity contribution in [1.29, 1.82) is 0 Å². The molecule has 22 heavy (non-hydrogen) atoms. The third-order valence-corrected chi connectivity index (χ3v) is 4.54. The first-order valence-electron chi connectivity index (χ1n) is 7.51. The van der Waals surface area contributed by atoms with Crippen molar-refractivity contribution in [2.45, 2.75) is 30.8 Å². The maximum Gasteiger partial charge on any atom is 0.225 e. The molecule has 0 spiro atoms. The first kappa shape index (κ1) is 17.1. The lowest BCUT2D eigenvalue weighted by Crippen LogP contribution is -2.53. The number of likely N-dealkylation sites (tertiary alicyclic amines) is 1. The van der Waals surface area contributed by atoms with E-state index in [4.69, 9.17) is 9.84 Å². The molecule has 1 aromatic rings. The lowest BCUT2D eigenvalue weighted by molar-refractivity contribution is -0.142. The smallest absolute Gasteiger partial charge is 0.225 e. The van der Waals surface area contributed by atoms with Crippen molar-refractivity contribution in [2.75, 3.05) is 26.3 Å². The van der Waals surface area contributed by atoms with Gasteiger partial charge >= 0.3 is 0 Å². The summed E-state index contributed by atoms with van der Waals surface area (Å²) in [6.45, 7) is 7.81. The molecular formula is C17H23NO3S. The van der Waals surface area contributed by atoms with E-state index in [1.807, 2.05) is 5.41 Å². The van der Waals surface area contributed by atoms with Crippen LogP contribution in [0.25, 0.3) is 0 Å². The Morgan fingerprint density at radius 2 is 2.27 bits per heavy atom. The summed E-state index contributed by atoms with van der Waals surface area (Å²) in [5.41, 5.74) is 2.48. The summed E-state index contributed by atoms with van der Waals surface area (Å²) >= 11 is 1.63. The van der Waals surface area contributed by atoms with E-state index in [9.17, 15) is 4.79 Å². The standard InChI is InChI=1S/C17H23NO3S/c1-3-22-16-5-4-14(10-13(16)2)6-8-21-9-7-17(20)18-11-15(19)12-18/h3-5,10,15,19H,1,6-9,11-12H2,2H3. The highest BCUT2D eigenvalue weighted by Crippen LogP contribution is 2.23. The average molecular weight is 321 g/mol. The molecule has 120 valence electrons. The summed E-state index contributed by atoms with van der Waals surface area (Å²) in [4.78, 5) is 14.6. The van der Waals surface area contributed by atoms with Crippen LogP contribution < -0.4 is 0 Å². The minimum atomic E-state index is -0.338. The fraction of sp³-hybridized carbons (Fsp3) is 0.471. The van der Waals surface area contributed by atoms with Gasteiger partial charge in [0.05, 0.1) is 25.7 Å². The van der Waals surface area contributed by atoms with Crippen molar-refractivity contribution in [3.05, 3.63) is 41.3 Å². The SMILES string of the molecule is C=CSc1ccc(CCOCCC(=O)N2CC(O)C2)cc1C. The van der Waals surface area contributed by atoms with Crippen LogP contribution in [0.2, 0.25) is 0 Å². The molecule has 1 aromatic carbocycles. The van der Waals surface area contributed by atoms with E-state index >= 15 is 0 Å². The predicted molar refractivity (Wildman–Crippen MR) is 89.0 cm³/mol. The van der Waals surface area contributed by atoms with Crippen molar-refractivity contribution in [1.82, 2.24) is 4.90 Å². The highest BCUT2D eigenvalue weighted by Gasteiger charge is 2.27. The van der Waals surface area contributed by atoms with Gasteiger partial charge in [0, 0.05) is 18.0 Å². The van der Waals surface area contributed by atoms with Gasteiger partial charge in [0.15, 0.2) is 0 Å². The number of thioether (sulfide) groups is 1. The summed E-state index contributed by atoms with van der Waals surface area (Å²) in [5, 5.41) is 11.0. The molecule has 1 fully saturated rings. The minimum Gasteiger partial charge on any atom is -0.389 e. The van der Waals surface area contributed by atoms with E-state index < -0.39 is 0 Å². The zero-order valence-corrected chi connectivity index (χ0v) is 13.8. The first-order chi connectivity index (χ1) is 10.6. The Labute approximate surface area is 136 Å². The molecule has 2 rings (SSSR count). The summed E-state index contributed by atoms with van der Waals surface area (Å²) in [7, 11) is 0. The largest absolute Gasteiger partial charge is 0.389 e. The van der Waals surface area contributed by atoms with Gasteiger partial charge in [-0.2, -0.15) is 0 Å². The minimum absolute atomic E-state index is 0.0620. The van der Waals surface area contributed by atoms with Gasteiger partial charge in [-0.25, -0.2) is 0 Å². The second-order valence-corrected chi connectivity index (χ2v) is 6.46. The number of nitrogens with zero attached hydrogens (tertiary/aromatic N) is 1. The van der Waals surface area contributed by atoms with E-state index in [0.717, 1.165) is 6.42 Å². The number of aliphatic hydroxyl groups is 1. The Bertz CT molecular complexity index is 527. The van der Waals surface area contributed by atoms with E-state index in [-0.39, 0.29) is 12.0 Å². The fourth-order valence-corrected chi connectivity index (χ4v) is 2.93. The molecule has 1 N–H and O–H groups in total. The maximum atomic E-state index is 11.7. The van der Waals surface area contributed by atoms with Crippen LogP contribution in [-0.2, 0) is 16.0 Å². The van der Waals surface area contributed by atoms with Gasteiger partial charge in [0.1, 0.15) is 0 Å². The monoisotopic (exact) mass is 321 g/mol. The normalized spacial score (nSPS) is 14.7.